The highest BCUT2D eigenvalue weighted by Crippen LogP contribution is 2.55. The predicted molar refractivity (Wildman–Crippen MR) is 154 cm³/mol. The molecule has 2 aliphatic rings. The van der Waals surface area contributed by atoms with Gasteiger partial charge in [0, 0.05) is 53.0 Å². The Kier molecular flexibility index (Phi) is 6.19. The third kappa shape index (κ3) is 4.19. The molecular formula is C29H35ClN8O. The molecule has 204 valence electrons. The van der Waals surface area contributed by atoms with Gasteiger partial charge in [0.1, 0.15) is 11.4 Å². The van der Waals surface area contributed by atoms with Crippen molar-refractivity contribution in [3.8, 4) is 22.5 Å². The molecule has 0 radical (unpaired) electrons. The van der Waals surface area contributed by atoms with E-state index in [1.165, 1.54) is 6.08 Å². The Bertz CT molecular complexity index is 1590. The molecule has 1 aromatic carbocycles. The number of nitrogens with one attached hydrogen (secondary N) is 1. The van der Waals surface area contributed by atoms with Crippen LogP contribution in [0.15, 0.2) is 31.0 Å². The van der Waals surface area contributed by atoms with Crippen LogP contribution < -0.4 is 0 Å². The normalized spacial score (nSPS) is 16.7. The number of carbonyl (C=O) groups excluding carboxylic acids is 1. The Morgan fingerprint density at radius 2 is 1.95 bits per heavy atom. The summed E-state index contributed by atoms with van der Waals surface area (Å²) in [7, 11) is 4.14. The highest BCUT2D eigenvalue weighted by Gasteiger charge is 2.54. The number of carbonyl (C=O) groups is 1. The van der Waals surface area contributed by atoms with Crippen LogP contribution in [0.5, 0.6) is 0 Å². The minimum absolute atomic E-state index is 0.0161. The van der Waals surface area contributed by atoms with E-state index in [2.05, 4.69) is 65.0 Å². The van der Waals surface area contributed by atoms with Crippen molar-refractivity contribution in [1.82, 2.24) is 39.6 Å². The molecule has 1 spiro atoms. The van der Waals surface area contributed by atoms with Crippen LogP contribution in [0.3, 0.4) is 0 Å². The molecule has 2 fully saturated rings. The number of hydrogen-bond acceptors (Lipinski definition) is 5. The van der Waals surface area contributed by atoms with Gasteiger partial charge in [0.05, 0.1) is 29.3 Å². The smallest absolute Gasteiger partial charge is 0.245 e. The van der Waals surface area contributed by atoms with Crippen LogP contribution in [0.2, 0.25) is 5.02 Å². The fraction of sp³-hybridized carbons (Fsp3) is 0.448. The van der Waals surface area contributed by atoms with Gasteiger partial charge in [0.15, 0.2) is 0 Å². The highest BCUT2D eigenvalue weighted by molar-refractivity contribution is 6.36. The van der Waals surface area contributed by atoms with Crippen LogP contribution in [-0.4, -0.2) is 79.2 Å². The number of fused-ring (bicyclic) bond motifs is 1. The Morgan fingerprint density at radius 1 is 1.21 bits per heavy atom. The van der Waals surface area contributed by atoms with Crippen molar-refractivity contribution < 1.29 is 4.79 Å². The Morgan fingerprint density at radius 3 is 2.64 bits per heavy atom. The Labute approximate surface area is 233 Å². The van der Waals surface area contributed by atoms with Crippen LogP contribution in [0.1, 0.15) is 35.8 Å². The van der Waals surface area contributed by atoms with Gasteiger partial charge in [-0.05, 0) is 71.5 Å². The maximum Gasteiger partial charge on any atom is 0.245 e. The summed E-state index contributed by atoms with van der Waals surface area (Å²) >= 11 is 7.03. The number of rotatable bonds is 7. The molecule has 1 amide bonds. The van der Waals surface area contributed by atoms with Gasteiger partial charge in [-0.15, -0.1) is 0 Å². The second-order valence-electron chi connectivity index (χ2n) is 11.6. The number of likely N-dealkylation sites (tertiary alicyclic amines) is 1. The zero-order chi connectivity index (χ0) is 27.6. The first-order chi connectivity index (χ1) is 18.6. The van der Waals surface area contributed by atoms with Gasteiger partial charge >= 0.3 is 0 Å². The lowest BCUT2D eigenvalue weighted by Gasteiger charge is -2.58. The molecule has 1 saturated carbocycles. The number of amides is 1. The van der Waals surface area contributed by atoms with Gasteiger partial charge < -0.3 is 9.80 Å². The molecule has 1 saturated heterocycles. The second-order valence-corrected chi connectivity index (χ2v) is 12.0. The first-order valence-electron chi connectivity index (χ1n) is 13.4. The van der Waals surface area contributed by atoms with E-state index in [-0.39, 0.29) is 17.4 Å². The molecule has 0 unspecified atom stereocenters. The van der Waals surface area contributed by atoms with Gasteiger partial charge in [-0.3, -0.25) is 19.3 Å². The second kappa shape index (κ2) is 9.34. The van der Waals surface area contributed by atoms with Crippen molar-refractivity contribution in [2.45, 2.75) is 46.2 Å². The van der Waals surface area contributed by atoms with Crippen molar-refractivity contribution in [2.75, 3.05) is 33.7 Å². The quantitative estimate of drug-likeness (QED) is 0.337. The number of aromatic amines is 1. The number of benzene rings is 1. The number of aryl methyl sites for hydroxylation is 2. The van der Waals surface area contributed by atoms with Crippen LogP contribution >= 0.6 is 11.6 Å². The fourth-order valence-corrected chi connectivity index (χ4v) is 6.62. The summed E-state index contributed by atoms with van der Waals surface area (Å²) in [6, 6.07) is 4.42. The molecule has 1 aliphatic heterocycles. The minimum Gasteiger partial charge on any atom is -0.338 e. The van der Waals surface area contributed by atoms with Crippen molar-refractivity contribution in [1.29, 1.82) is 0 Å². The average molecular weight is 547 g/mol. The van der Waals surface area contributed by atoms with E-state index in [9.17, 15) is 4.79 Å². The van der Waals surface area contributed by atoms with E-state index in [0.29, 0.717) is 5.02 Å². The molecule has 4 heterocycles. The predicted octanol–water partition coefficient (Wildman–Crippen LogP) is 4.78. The number of hydrogen-bond donors (Lipinski definition) is 1. The summed E-state index contributed by atoms with van der Waals surface area (Å²) in [6.07, 6.45) is 5.24. The maximum atomic E-state index is 12.0. The lowest BCUT2D eigenvalue weighted by molar-refractivity contribution is -0.149. The number of H-pyrrole nitrogens is 1. The van der Waals surface area contributed by atoms with Crippen LogP contribution in [-0.2, 0) is 11.3 Å². The molecule has 6 rings (SSSR count). The maximum absolute atomic E-state index is 12.0. The average Bonchev–Trinajstić information content (AvgIpc) is 3.54. The molecule has 1 aliphatic carbocycles. The number of aromatic nitrogens is 6. The zero-order valence-electron chi connectivity index (χ0n) is 23.3. The Balaban J connectivity index is 1.43. The molecule has 0 atom stereocenters. The molecule has 0 bridgehead atoms. The first-order valence-corrected chi connectivity index (χ1v) is 13.8. The van der Waals surface area contributed by atoms with Crippen molar-refractivity contribution >= 4 is 28.4 Å². The lowest BCUT2D eigenvalue weighted by Crippen LogP contribution is -2.63. The lowest BCUT2D eigenvalue weighted by atomic mass is 9.60. The largest absolute Gasteiger partial charge is 0.338 e. The third-order valence-electron chi connectivity index (χ3n) is 8.47. The summed E-state index contributed by atoms with van der Waals surface area (Å²) in [5.41, 5.74) is 7.91. The molecule has 10 heteroatoms. The minimum atomic E-state index is 0.0161. The van der Waals surface area contributed by atoms with E-state index < -0.39 is 0 Å². The van der Waals surface area contributed by atoms with E-state index >= 15 is 0 Å². The summed E-state index contributed by atoms with van der Waals surface area (Å²) in [4.78, 5) is 16.0. The SMILES string of the molecule is C=CC(=O)N1CC2(CC(n3nc(-c4cc(C)n(CCN(C)C)n4)c(-c4c(Cl)c(C)cc5[nH]ncc45)c3C)C2)C1. The van der Waals surface area contributed by atoms with Crippen molar-refractivity contribution in [3.63, 3.8) is 0 Å². The topological polar surface area (TPSA) is 87.9 Å². The van der Waals surface area contributed by atoms with Crippen molar-refractivity contribution in [3.05, 3.63) is 53.0 Å². The van der Waals surface area contributed by atoms with Crippen LogP contribution in [0, 0.1) is 26.2 Å². The van der Waals surface area contributed by atoms with Gasteiger partial charge in [0.25, 0.3) is 0 Å². The van der Waals surface area contributed by atoms with Gasteiger partial charge in [-0.2, -0.15) is 15.3 Å². The van der Waals surface area contributed by atoms with E-state index in [1.54, 1.807) is 0 Å². The summed E-state index contributed by atoms with van der Waals surface area (Å²) < 4.78 is 4.23. The van der Waals surface area contributed by atoms with Gasteiger partial charge in [-0.25, -0.2) is 0 Å². The number of halogens is 1. The summed E-state index contributed by atoms with van der Waals surface area (Å²) in [6.45, 7) is 13.2. The highest BCUT2D eigenvalue weighted by atomic mass is 35.5. The summed E-state index contributed by atoms with van der Waals surface area (Å²) in [5, 5.41) is 19.3. The van der Waals surface area contributed by atoms with E-state index in [4.69, 9.17) is 21.8 Å². The molecule has 9 nitrogen and oxygen atoms in total. The molecule has 1 N–H and O–H groups in total. The molecule has 3 aromatic heterocycles. The zero-order valence-corrected chi connectivity index (χ0v) is 24.0. The monoisotopic (exact) mass is 546 g/mol. The molecule has 39 heavy (non-hydrogen) atoms. The van der Waals surface area contributed by atoms with Crippen LogP contribution in [0.4, 0.5) is 0 Å². The number of nitrogens with zero attached hydrogens (tertiary/aromatic N) is 7. The van der Waals surface area contributed by atoms with E-state index in [1.807, 2.05) is 24.1 Å². The molecule has 4 aromatic rings. The standard InChI is InChI=1S/C29H35ClN8O/c1-7-24(39)36-15-29(16-36)12-20(13-29)38-19(4)25(26-21-14-31-32-22(21)10-17(2)27(26)30)28(34-38)23-11-18(3)37(33-23)9-8-35(5)6/h7,10-11,14,20H,1,8-9,12-13,15-16H2,2-6H3,(H,31,32). The Hall–Kier alpha value is -3.43. The van der Waals surface area contributed by atoms with Gasteiger partial charge in [-0.1, -0.05) is 18.2 Å². The summed E-state index contributed by atoms with van der Waals surface area (Å²) in [5.74, 6) is 0.0161. The molecular weight excluding hydrogens is 512 g/mol. The number of likely N-dealkylation sites (N-methyl/N-ethyl adjacent to an activating group) is 1. The third-order valence-corrected chi connectivity index (χ3v) is 8.96. The van der Waals surface area contributed by atoms with Gasteiger partial charge in [0.2, 0.25) is 5.91 Å². The first kappa shape index (κ1) is 25.8. The van der Waals surface area contributed by atoms with E-state index in [0.717, 1.165) is 89.4 Å². The van der Waals surface area contributed by atoms with Crippen molar-refractivity contribution in [2.24, 2.45) is 5.41 Å². The van der Waals surface area contributed by atoms with Crippen LogP contribution in [0.25, 0.3) is 33.4 Å². The fourth-order valence-electron chi connectivity index (χ4n) is 6.36.